The number of hydrogen-bond acceptors (Lipinski definition) is 6. The van der Waals surface area contributed by atoms with Gasteiger partial charge in [0.25, 0.3) is 0 Å². The molecule has 0 spiro atoms. The number of thioether (sulfide) groups is 1. The fourth-order valence-corrected chi connectivity index (χ4v) is 2.47. The van der Waals surface area contributed by atoms with Gasteiger partial charge in [-0.2, -0.15) is 4.98 Å². The van der Waals surface area contributed by atoms with Crippen LogP contribution < -0.4 is 5.73 Å². The van der Waals surface area contributed by atoms with Crippen LogP contribution in [0.1, 0.15) is 11.1 Å². The van der Waals surface area contributed by atoms with E-state index in [0.29, 0.717) is 10.8 Å². The molecule has 19 heavy (non-hydrogen) atoms. The fourth-order valence-electron chi connectivity index (χ4n) is 1.56. The molecule has 0 radical (unpaired) electrons. The van der Waals surface area contributed by atoms with Crippen molar-refractivity contribution in [2.75, 3.05) is 5.73 Å². The van der Waals surface area contributed by atoms with E-state index in [2.05, 4.69) is 9.97 Å². The maximum atomic E-state index is 10.9. The van der Waals surface area contributed by atoms with Gasteiger partial charge in [0, 0.05) is 5.75 Å². The maximum Gasteiger partial charge on any atom is 0.319 e. The topological polar surface area (TPSA) is 94.9 Å². The van der Waals surface area contributed by atoms with E-state index in [0.717, 1.165) is 17.3 Å². The van der Waals surface area contributed by atoms with Gasteiger partial charge in [0.1, 0.15) is 6.20 Å². The second-order valence-electron chi connectivity index (χ2n) is 3.95. The third kappa shape index (κ3) is 3.41. The molecule has 0 fully saturated rings. The largest absolute Gasteiger partial charge is 0.368 e. The van der Waals surface area contributed by atoms with Gasteiger partial charge in [-0.15, -0.1) is 0 Å². The number of nitrogen functional groups attached to an aromatic ring is 1. The lowest BCUT2D eigenvalue weighted by Crippen LogP contribution is -2.00. The number of nitrogens with zero attached hydrogens (tertiary/aromatic N) is 3. The van der Waals surface area contributed by atoms with E-state index in [1.54, 1.807) is 0 Å². The Labute approximate surface area is 114 Å². The zero-order valence-electron chi connectivity index (χ0n) is 10.2. The predicted octanol–water partition coefficient (Wildman–Crippen LogP) is 2.57. The van der Waals surface area contributed by atoms with Gasteiger partial charge in [0.15, 0.2) is 5.03 Å². The molecule has 98 valence electrons. The smallest absolute Gasteiger partial charge is 0.319 e. The summed E-state index contributed by atoms with van der Waals surface area (Å²) < 4.78 is 0. The van der Waals surface area contributed by atoms with Crippen molar-refractivity contribution in [2.45, 2.75) is 17.7 Å². The van der Waals surface area contributed by atoms with Crippen LogP contribution in [0.4, 0.5) is 11.6 Å². The highest BCUT2D eigenvalue weighted by atomic mass is 32.2. The van der Waals surface area contributed by atoms with Gasteiger partial charge in [0.05, 0.1) is 4.92 Å². The molecule has 0 aliphatic carbocycles. The van der Waals surface area contributed by atoms with E-state index in [1.807, 2.05) is 31.2 Å². The lowest BCUT2D eigenvalue weighted by atomic mass is 10.2. The molecule has 2 aromatic rings. The first-order chi connectivity index (χ1) is 9.06. The number of nitro groups is 1. The summed E-state index contributed by atoms with van der Waals surface area (Å²) in [7, 11) is 0. The Morgan fingerprint density at radius 3 is 2.95 bits per heavy atom. The van der Waals surface area contributed by atoms with Gasteiger partial charge in [0.2, 0.25) is 5.95 Å². The van der Waals surface area contributed by atoms with Crippen LogP contribution in [0.15, 0.2) is 35.5 Å². The molecule has 0 saturated carbocycles. The number of hydrogen-bond donors (Lipinski definition) is 1. The molecule has 0 atom stereocenters. The highest BCUT2D eigenvalue weighted by Crippen LogP contribution is 2.29. The first kappa shape index (κ1) is 13.3. The summed E-state index contributed by atoms with van der Waals surface area (Å²) in [6.45, 7) is 2.00. The predicted molar refractivity (Wildman–Crippen MR) is 73.8 cm³/mol. The average molecular weight is 276 g/mol. The van der Waals surface area contributed by atoms with Crippen molar-refractivity contribution in [3.63, 3.8) is 0 Å². The van der Waals surface area contributed by atoms with Crippen molar-refractivity contribution < 1.29 is 4.92 Å². The van der Waals surface area contributed by atoms with Crippen molar-refractivity contribution in [2.24, 2.45) is 0 Å². The molecule has 1 aromatic carbocycles. The van der Waals surface area contributed by atoms with Crippen molar-refractivity contribution in [1.82, 2.24) is 9.97 Å². The summed E-state index contributed by atoms with van der Waals surface area (Å²) in [5, 5.41) is 11.2. The summed E-state index contributed by atoms with van der Waals surface area (Å²) in [6.07, 6.45) is 1.14. The highest BCUT2D eigenvalue weighted by Gasteiger charge is 2.17. The van der Waals surface area contributed by atoms with Crippen LogP contribution in [0.5, 0.6) is 0 Å². The molecule has 1 heterocycles. The average Bonchev–Trinajstić information content (AvgIpc) is 2.36. The number of aromatic nitrogens is 2. The molecule has 0 aliphatic rings. The first-order valence-electron chi connectivity index (χ1n) is 5.51. The van der Waals surface area contributed by atoms with E-state index < -0.39 is 4.92 Å². The van der Waals surface area contributed by atoms with Crippen molar-refractivity contribution in [3.8, 4) is 0 Å². The van der Waals surface area contributed by atoms with Crippen LogP contribution in [0.2, 0.25) is 0 Å². The maximum absolute atomic E-state index is 10.9. The third-order valence-electron chi connectivity index (χ3n) is 2.41. The van der Waals surface area contributed by atoms with Crippen LogP contribution in [0, 0.1) is 17.0 Å². The minimum absolute atomic E-state index is 0.0392. The molecule has 2 N–H and O–H groups in total. The number of aryl methyl sites for hydroxylation is 1. The minimum Gasteiger partial charge on any atom is -0.368 e. The number of nitrogens with two attached hydrogens (primary N) is 1. The quantitative estimate of drug-likeness (QED) is 0.399. The van der Waals surface area contributed by atoms with Crippen LogP contribution in [0.25, 0.3) is 0 Å². The second-order valence-corrected chi connectivity index (χ2v) is 4.92. The third-order valence-corrected chi connectivity index (χ3v) is 3.46. The van der Waals surface area contributed by atoms with E-state index in [4.69, 9.17) is 5.73 Å². The monoisotopic (exact) mass is 276 g/mol. The molecule has 0 aliphatic heterocycles. The zero-order valence-corrected chi connectivity index (χ0v) is 11.1. The van der Waals surface area contributed by atoms with Crippen molar-refractivity contribution in [3.05, 3.63) is 51.7 Å². The SMILES string of the molecule is Cc1cccc(CSc2nc(N)ncc2[N+](=O)[O-])c1. The van der Waals surface area contributed by atoms with E-state index in [1.165, 1.54) is 11.8 Å². The Bertz CT molecular complexity index is 618. The Balaban J connectivity index is 2.19. The van der Waals surface area contributed by atoms with Crippen LogP contribution in [-0.2, 0) is 5.75 Å². The number of benzene rings is 1. The standard InChI is InChI=1S/C12H12N4O2S/c1-8-3-2-4-9(5-8)7-19-11-10(16(17)18)6-14-12(13)15-11/h2-6H,7H2,1H3,(H2,13,14,15). The molecule has 0 unspecified atom stereocenters. The van der Waals surface area contributed by atoms with Crippen molar-refractivity contribution in [1.29, 1.82) is 0 Å². The van der Waals surface area contributed by atoms with Gasteiger partial charge in [-0.1, -0.05) is 41.6 Å². The molecule has 1 aromatic heterocycles. The molecule has 2 rings (SSSR count). The molecule has 0 bridgehead atoms. The Morgan fingerprint density at radius 1 is 1.47 bits per heavy atom. The Hall–Kier alpha value is -2.15. The summed E-state index contributed by atoms with van der Waals surface area (Å²) in [5.74, 6) is 0.635. The van der Waals surface area contributed by atoms with Gasteiger partial charge in [-0.05, 0) is 12.5 Å². The van der Waals surface area contributed by atoms with Crippen LogP contribution in [0.3, 0.4) is 0 Å². The van der Waals surface area contributed by atoms with Gasteiger partial charge in [-0.25, -0.2) is 4.98 Å². The summed E-state index contributed by atoms with van der Waals surface area (Å²) >= 11 is 1.28. The zero-order chi connectivity index (χ0) is 13.8. The van der Waals surface area contributed by atoms with Gasteiger partial charge >= 0.3 is 5.69 Å². The van der Waals surface area contributed by atoms with Crippen LogP contribution in [-0.4, -0.2) is 14.9 Å². The normalized spacial score (nSPS) is 10.4. The second kappa shape index (κ2) is 5.66. The molecule has 0 saturated heterocycles. The Morgan fingerprint density at radius 2 is 2.26 bits per heavy atom. The number of rotatable bonds is 4. The minimum atomic E-state index is -0.502. The summed E-state index contributed by atoms with van der Waals surface area (Å²) in [6, 6.07) is 7.95. The summed E-state index contributed by atoms with van der Waals surface area (Å²) in [5.41, 5.74) is 7.57. The molecule has 0 amide bonds. The Kier molecular flexibility index (Phi) is 3.96. The molecular weight excluding hydrogens is 264 g/mol. The number of anilines is 1. The van der Waals surface area contributed by atoms with Gasteiger partial charge < -0.3 is 5.73 Å². The lowest BCUT2D eigenvalue weighted by Gasteiger charge is -2.03. The lowest BCUT2D eigenvalue weighted by molar-refractivity contribution is -0.388. The van der Waals surface area contributed by atoms with E-state index in [-0.39, 0.29) is 11.6 Å². The molecule has 7 heteroatoms. The van der Waals surface area contributed by atoms with Crippen LogP contribution >= 0.6 is 11.8 Å². The summed E-state index contributed by atoms with van der Waals surface area (Å²) in [4.78, 5) is 17.9. The van der Waals surface area contributed by atoms with Gasteiger partial charge in [-0.3, -0.25) is 10.1 Å². The first-order valence-corrected chi connectivity index (χ1v) is 6.50. The molecular formula is C12H12N4O2S. The molecule has 6 nitrogen and oxygen atoms in total. The van der Waals surface area contributed by atoms with E-state index in [9.17, 15) is 10.1 Å². The highest BCUT2D eigenvalue weighted by molar-refractivity contribution is 7.98. The van der Waals surface area contributed by atoms with Crippen molar-refractivity contribution >= 4 is 23.4 Å². The van der Waals surface area contributed by atoms with E-state index >= 15 is 0 Å². The fraction of sp³-hybridized carbons (Fsp3) is 0.167.